The first-order valence-electron chi connectivity index (χ1n) is 8.53. The number of carbonyl (C=O) groups is 1. The molecule has 1 N–H and O–H groups in total. The standard InChI is InChI=1S/C17H34ClNO/c1-3-4-5-6-7-8-9-10-11-12-13-14-17(15-18)19-16(2)20/h17H,3-15H2,1-2H3,(H,19,20). The summed E-state index contributed by atoms with van der Waals surface area (Å²) in [6, 6.07) is 0.160. The van der Waals surface area contributed by atoms with Gasteiger partial charge in [-0.15, -0.1) is 11.6 Å². The molecule has 0 radical (unpaired) electrons. The topological polar surface area (TPSA) is 29.1 Å². The molecule has 0 spiro atoms. The van der Waals surface area contributed by atoms with Crippen LogP contribution in [0, 0.1) is 0 Å². The van der Waals surface area contributed by atoms with E-state index in [1.165, 1.54) is 70.6 Å². The third-order valence-corrected chi connectivity index (χ3v) is 4.12. The summed E-state index contributed by atoms with van der Waals surface area (Å²) in [5.74, 6) is 0.552. The molecule has 1 unspecified atom stereocenters. The van der Waals surface area contributed by atoms with Gasteiger partial charge in [-0.2, -0.15) is 0 Å². The number of nitrogens with one attached hydrogen (secondary N) is 1. The monoisotopic (exact) mass is 303 g/mol. The highest BCUT2D eigenvalue weighted by atomic mass is 35.5. The normalized spacial score (nSPS) is 12.3. The van der Waals surface area contributed by atoms with E-state index < -0.39 is 0 Å². The van der Waals surface area contributed by atoms with Crippen LogP contribution in [0.2, 0.25) is 0 Å². The van der Waals surface area contributed by atoms with Crippen LogP contribution in [0.15, 0.2) is 0 Å². The molecule has 0 aliphatic heterocycles. The quantitative estimate of drug-likeness (QED) is 0.336. The van der Waals surface area contributed by atoms with Crippen molar-refractivity contribution in [1.82, 2.24) is 5.32 Å². The van der Waals surface area contributed by atoms with Crippen molar-refractivity contribution in [2.75, 3.05) is 5.88 Å². The van der Waals surface area contributed by atoms with Crippen LogP contribution in [0.1, 0.15) is 90.9 Å². The van der Waals surface area contributed by atoms with Crippen LogP contribution in [0.4, 0.5) is 0 Å². The summed E-state index contributed by atoms with van der Waals surface area (Å²) in [5.41, 5.74) is 0. The molecule has 120 valence electrons. The second-order valence-electron chi connectivity index (χ2n) is 5.88. The first-order valence-corrected chi connectivity index (χ1v) is 9.07. The SMILES string of the molecule is CCCCCCCCCCCCCC(CCl)NC(C)=O. The molecule has 0 rings (SSSR count). The summed E-state index contributed by atoms with van der Waals surface area (Å²) < 4.78 is 0. The second-order valence-corrected chi connectivity index (χ2v) is 6.18. The lowest BCUT2D eigenvalue weighted by Crippen LogP contribution is -2.34. The van der Waals surface area contributed by atoms with Gasteiger partial charge in [0.2, 0.25) is 5.91 Å². The Morgan fingerprint density at radius 1 is 0.900 bits per heavy atom. The highest BCUT2D eigenvalue weighted by Crippen LogP contribution is 2.12. The van der Waals surface area contributed by atoms with Crippen molar-refractivity contribution in [3.05, 3.63) is 0 Å². The van der Waals surface area contributed by atoms with Gasteiger partial charge in [-0.3, -0.25) is 4.79 Å². The van der Waals surface area contributed by atoms with E-state index in [-0.39, 0.29) is 11.9 Å². The molecule has 3 heteroatoms. The highest BCUT2D eigenvalue weighted by Gasteiger charge is 2.07. The molecule has 0 aromatic heterocycles. The van der Waals surface area contributed by atoms with Crippen molar-refractivity contribution in [1.29, 1.82) is 0 Å². The first kappa shape index (κ1) is 19.8. The van der Waals surface area contributed by atoms with E-state index in [1.807, 2.05) is 0 Å². The lowest BCUT2D eigenvalue weighted by atomic mass is 10.0. The van der Waals surface area contributed by atoms with Gasteiger partial charge in [0.25, 0.3) is 0 Å². The zero-order valence-electron chi connectivity index (χ0n) is 13.6. The fourth-order valence-electron chi connectivity index (χ4n) is 2.53. The van der Waals surface area contributed by atoms with Gasteiger partial charge >= 0.3 is 0 Å². The second kappa shape index (κ2) is 15.2. The molecular weight excluding hydrogens is 270 g/mol. The summed E-state index contributed by atoms with van der Waals surface area (Å²) in [6.07, 6.45) is 15.9. The highest BCUT2D eigenvalue weighted by molar-refractivity contribution is 6.18. The van der Waals surface area contributed by atoms with Gasteiger partial charge in [0, 0.05) is 18.8 Å². The Morgan fingerprint density at radius 2 is 1.35 bits per heavy atom. The van der Waals surface area contributed by atoms with E-state index in [0.29, 0.717) is 5.88 Å². The maximum Gasteiger partial charge on any atom is 0.217 e. The summed E-state index contributed by atoms with van der Waals surface area (Å²) in [7, 11) is 0. The van der Waals surface area contributed by atoms with E-state index in [2.05, 4.69) is 12.2 Å². The molecule has 0 saturated carbocycles. The average Bonchev–Trinajstić information content (AvgIpc) is 2.43. The third-order valence-electron chi connectivity index (χ3n) is 3.75. The molecule has 0 heterocycles. The number of hydrogen-bond acceptors (Lipinski definition) is 1. The predicted molar refractivity (Wildman–Crippen MR) is 89.4 cm³/mol. The van der Waals surface area contributed by atoms with Crippen molar-refractivity contribution in [3.63, 3.8) is 0 Å². The van der Waals surface area contributed by atoms with Crippen molar-refractivity contribution in [2.45, 2.75) is 96.9 Å². The van der Waals surface area contributed by atoms with Crippen molar-refractivity contribution in [3.8, 4) is 0 Å². The molecule has 0 aromatic rings. The van der Waals surface area contributed by atoms with Gasteiger partial charge in [0.15, 0.2) is 0 Å². The van der Waals surface area contributed by atoms with E-state index in [9.17, 15) is 4.79 Å². The summed E-state index contributed by atoms with van der Waals surface area (Å²) in [6.45, 7) is 3.82. The van der Waals surface area contributed by atoms with Gasteiger partial charge in [-0.1, -0.05) is 77.6 Å². The maximum atomic E-state index is 10.9. The van der Waals surface area contributed by atoms with Gasteiger partial charge in [-0.25, -0.2) is 0 Å². The summed E-state index contributed by atoms with van der Waals surface area (Å²) in [5, 5.41) is 2.89. The van der Waals surface area contributed by atoms with Crippen LogP contribution < -0.4 is 5.32 Å². The molecule has 1 atom stereocenters. The molecule has 20 heavy (non-hydrogen) atoms. The van der Waals surface area contributed by atoms with Crippen LogP contribution in [-0.2, 0) is 4.79 Å². The van der Waals surface area contributed by atoms with E-state index in [1.54, 1.807) is 6.92 Å². The molecule has 0 saturated heterocycles. The van der Waals surface area contributed by atoms with Crippen LogP contribution in [0.3, 0.4) is 0 Å². The van der Waals surface area contributed by atoms with Crippen molar-refractivity contribution >= 4 is 17.5 Å². The molecule has 0 aliphatic carbocycles. The molecule has 0 aromatic carbocycles. The Kier molecular flexibility index (Phi) is 15.0. The maximum absolute atomic E-state index is 10.9. The fraction of sp³-hybridized carbons (Fsp3) is 0.941. The summed E-state index contributed by atoms with van der Waals surface area (Å²) in [4.78, 5) is 10.9. The Balaban J connectivity index is 3.21. The molecule has 0 fully saturated rings. The van der Waals surface area contributed by atoms with Gasteiger partial charge in [0.1, 0.15) is 0 Å². The van der Waals surface area contributed by atoms with Crippen LogP contribution in [0.5, 0.6) is 0 Å². The fourth-order valence-corrected chi connectivity index (χ4v) is 2.76. The number of alkyl halides is 1. The number of hydrogen-bond donors (Lipinski definition) is 1. The minimum Gasteiger partial charge on any atom is -0.352 e. The number of carbonyl (C=O) groups excluding carboxylic acids is 1. The first-order chi connectivity index (χ1) is 9.70. The Hall–Kier alpha value is -0.240. The molecule has 0 aliphatic rings. The largest absolute Gasteiger partial charge is 0.352 e. The van der Waals surface area contributed by atoms with Gasteiger partial charge < -0.3 is 5.32 Å². The van der Waals surface area contributed by atoms with E-state index >= 15 is 0 Å². The number of rotatable bonds is 14. The molecule has 0 bridgehead atoms. The lowest BCUT2D eigenvalue weighted by Gasteiger charge is -2.14. The average molecular weight is 304 g/mol. The minimum absolute atomic E-state index is 0.0266. The Bertz CT molecular complexity index is 221. The van der Waals surface area contributed by atoms with Gasteiger partial charge in [-0.05, 0) is 6.42 Å². The third kappa shape index (κ3) is 14.2. The molecule has 2 nitrogen and oxygen atoms in total. The van der Waals surface area contributed by atoms with Crippen molar-refractivity contribution < 1.29 is 4.79 Å². The van der Waals surface area contributed by atoms with Crippen LogP contribution >= 0.6 is 11.6 Å². The number of amides is 1. The van der Waals surface area contributed by atoms with Gasteiger partial charge in [0.05, 0.1) is 0 Å². The Labute approximate surface area is 131 Å². The van der Waals surface area contributed by atoms with Crippen LogP contribution in [0.25, 0.3) is 0 Å². The van der Waals surface area contributed by atoms with E-state index in [4.69, 9.17) is 11.6 Å². The Morgan fingerprint density at radius 3 is 1.75 bits per heavy atom. The molecular formula is C17H34ClNO. The van der Waals surface area contributed by atoms with E-state index in [0.717, 1.165) is 6.42 Å². The minimum atomic E-state index is 0.0266. The van der Waals surface area contributed by atoms with Crippen molar-refractivity contribution in [2.24, 2.45) is 0 Å². The summed E-state index contributed by atoms with van der Waals surface area (Å²) >= 11 is 5.83. The molecule has 1 amide bonds. The predicted octanol–water partition coefficient (Wildman–Crippen LogP) is 5.43. The smallest absolute Gasteiger partial charge is 0.217 e. The zero-order chi connectivity index (χ0) is 15.1. The van der Waals surface area contributed by atoms with Crippen LogP contribution in [-0.4, -0.2) is 17.8 Å². The number of halogens is 1. The number of unbranched alkanes of at least 4 members (excludes halogenated alkanes) is 10. The zero-order valence-corrected chi connectivity index (χ0v) is 14.3. The lowest BCUT2D eigenvalue weighted by molar-refractivity contribution is -0.119.